The van der Waals surface area contributed by atoms with E-state index >= 15 is 0 Å². The molecule has 3 fully saturated rings. The summed E-state index contributed by atoms with van der Waals surface area (Å²) >= 11 is 0. The largest absolute Gasteiger partial charge is 0.299 e. The molecule has 0 spiro atoms. The van der Waals surface area contributed by atoms with E-state index < -0.39 is 15.5 Å². The molecular formula is C37H56O4S. The number of ketones is 1. The SMILES string of the molecule is CC(C)[C@@H](C)CC[C@@H](C)[C@@H]1CC[C@@H]2c3ccc4c(c3CC[C@@]21C)CC[C@@H](OS(=O)(=O)C[C@@]12CC[C@@H](CC1=O)C2(C)C)C4. The Kier molecular flexibility index (Phi) is 7.86. The zero-order valence-electron chi connectivity index (χ0n) is 27.4. The van der Waals surface area contributed by atoms with Crippen LogP contribution >= 0.6 is 0 Å². The second-order valence-electron chi connectivity index (χ2n) is 16.6. The molecule has 2 bridgehead atoms. The Hall–Kier alpha value is -1.20. The Morgan fingerprint density at radius 1 is 0.905 bits per heavy atom. The number of Topliss-reactive ketones (excluding diaryl/α,β-unsaturated/α-hetero) is 1. The topological polar surface area (TPSA) is 60.4 Å². The van der Waals surface area contributed by atoms with Crippen LogP contribution < -0.4 is 0 Å². The fourth-order valence-electron chi connectivity index (χ4n) is 10.8. The number of hydrogen-bond donors (Lipinski definition) is 0. The maximum Gasteiger partial charge on any atom is 0.268 e. The van der Waals surface area contributed by atoms with Crippen LogP contribution in [0.25, 0.3) is 0 Å². The van der Waals surface area contributed by atoms with E-state index in [2.05, 4.69) is 60.6 Å². The molecule has 3 saturated carbocycles. The van der Waals surface area contributed by atoms with Gasteiger partial charge in [-0.3, -0.25) is 8.98 Å². The summed E-state index contributed by atoms with van der Waals surface area (Å²) < 4.78 is 32.7. The number of carbonyl (C=O) groups is 1. The van der Waals surface area contributed by atoms with Crippen molar-refractivity contribution in [3.05, 3.63) is 34.4 Å². The smallest absolute Gasteiger partial charge is 0.268 e. The first-order valence-electron chi connectivity index (χ1n) is 17.3. The van der Waals surface area contributed by atoms with Gasteiger partial charge in [0.1, 0.15) is 5.78 Å². The summed E-state index contributed by atoms with van der Waals surface area (Å²) in [4.78, 5) is 13.0. The molecule has 1 aromatic carbocycles. The van der Waals surface area contributed by atoms with Gasteiger partial charge >= 0.3 is 0 Å². The second kappa shape index (κ2) is 10.7. The van der Waals surface area contributed by atoms with Gasteiger partial charge in [0.2, 0.25) is 0 Å². The summed E-state index contributed by atoms with van der Waals surface area (Å²) in [6, 6.07) is 4.70. The molecule has 0 radical (unpaired) electrons. The number of benzene rings is 1. The highest BCUT2D eigenvalue weighted by molar-refractivity contribution is 7.86. The minimum absolute atomic E-state index is 0.136. The normalized spacial score (nSPS) is 36.5. The van der Waals surface area contributed by atoms with Crippen LogP contribution in [0.3, 0.4) is 0 Å². The average molecular weight is 597 g/mol. The van der Waals surface area contributed by atoms with Gasteiger partial charge in [0.15, 0.2) is 0 Å². The molecule has 42 heavy (non-hydrogen) atoms. The van der Waals surface area contributed by atoms with Crippen molar-refractivity contribution in [2.45, 2.75) is 138 Å². The molecule has 8 atom stereocenters. The van der Waals surface area contributed by atoms with E-state index in [1.165, 1.54) is 43.2 Å². The first-order valence-corrected chi connectivity index (χ1v) is 18.8. The Balaban J connectivity index is 1.14. The molecule has 5 aliphatic carbocycles. The van der Waals surface area contributed by atoms with Crippen molar-refractivity contribution in [3.63, 3.8) is 0 Å². The fraction of sp³-hybridized carbons (Fsp3) is 0.811. The van der Waals surface area contributed by atoms with Gasteiger partial charge in [-0.05, 0) is 120 Å². The van der Waals surface area contributed by atoms with Crippen LogP contribution in [-0.4, -0.2) is 26.1 Å². The minimum atomic E-state index is -3.80. The van der Waals surface area contributed by atoms with Gasteiger partial charge in [-0.2, -0.15) is 8.42 Å². The quantitative estimate of drug-likeness (QED) is 0.268. The Morgan fingerprint density at radius 2 is 1.67 bits per heavy atom. The van der Waals surface area contributed by atoms with E-state index in [0.717, 1.165) is 49.4 Å². The molecule has 4 nitrogen and oxygen atoms in total. The number of fused-ring (bicyclic) bond motifs is 7. The third kappa shape index (κ3) is 4.86. The molecule has 0 N–H and O–H groups in total. The number of rotatable bonds is 9. The van der Waals surface area contributed by atoms with Gasteiger partial charge < -0.3 is 0 Å². The van der Waals surface area contributed by atoms with Crippen molar-refractivity contribution in [2.24, 2.45) is 45.8 Å². The van der Waals surface area contributed by atoms with Gasteiger partial charge in [-0.15, -0.1) is 0 Å². The van der Waals surface area contributed by atoms with Crippen molar-refractivity contribution >= 4 is 15.9 Å². The predicted octanol–water partition coefficient (Wildman–Crippen LogP) is 8.44. The Bertz CT molecular complexity index is 1330. The molecule has 234 valence electrons. The summed E-state index contributed by atoms with van der Waals surface area (Å²) in [7, 11) is -3.80. The highest BCUT2D eigenvalue weighted by atomic mass is 32.2. The molecule has 0 saturated heterocycles. The summed E-state index contributed by atoms with van der Waals surface area (Å²) in [5.41, 5.74) is 5.29. The van der Waals surface area contributed by atoms with Gasteiger partial charge in [-0.1, -0.05) is 73.4 Å². The summed E-state index contributed by atoms with van der Waals surface area (Å²) in [6.45, 7) is 16.4. The van der Waals surface area contributed by atoms with Gasteiger partial charge in [0.05, 0.1) is 17.3 Å². The van der Waals surface area contributed by atoms with Gasteiger partial charge in [0, 0.05) is 12.8 Å². The Labute approximate surface area is 256 Å². The van der Waals surface area contributed by atoms with Crippen LogP contribution in [-0.2, 0) is 38.4 Å². The van der Waals surface area contributed by atoms with Crippen LogP contribution in [0.1, 0.15) is 134 Å². The second-order valence-corrected chi connectivity index (χ2v) is 18.2. The van der Waals surface area contributed by atoms with E-state index in [1.807, 2.05) is 0 Å². The van der Waals surface area contributed by atoms with Gasteiger partial charge in [-0.25, -0.2) is 0 Å². The highest BCUT2D eigenvalue weighted by Crippen LogP contribution is 2.64. The third-order valence-electron chi connectivity index (χ3n) is 14.2. The standard InChI is InChI=1S/C37H56O4S/c1-23(2)24(3)8-9-25(4)32-14-15-33-31-12-10-26-20-28(11-13-29(26)30(31)17-18-36(32,33)7)41-42(39,40)22-37-19-16-27(21-34(37)38)35(37,5)6/h10,12,23-25,27-28,32-33H,8-9,11,13-22H2,1-7H3/t24-,25+,27-,28+,32-,33+,36+,37-/m0/s1. The van der Waals surface area contributed by atoms with E-state index in [4.69, 9.17) is 4.18 Å². The van der Waals surface area contributed by atoms with Gasteiger partial charge in [0.25, 0.3) is 10.1 Å². The van der Waals surface area contributed by atoms with Crippen molar-refractivity contribution in [3.8, 4) is 0 Å². The molecule has 1 aromatic rings. The lowest BCUT2D eigenvalue weighted by atomic mass is 9.59. The lowest BCUT2D eigenvalue weighted by molar-refractivity contribution is -0.128. The maximum absolute atomic E-state index is 13.4. The Morgan fingerprint density at radius 3 is 2.33 bits per heavy atom. The lowest BCUT2D eigenvalue weighted by Crippen LogP contribution is -2.43. The molecule has 0 unspecified atom stereocenters. The predicted molar refractivity (Wildman–Crippen MR) is 170 cm³/mol. The molecule has 5 heteroatoms. The van der Waals surface area contributed by atoms with Crippen LogP contribution in [0.5, 0.6) is 0 Å². The molecule has 0 aromatic heterocycles. The first-order chi connectivity index (χ1) is 19.7. The summed E-state index contributed by atoms with van der Waals surface area (Å²) in [5, 5.41) is 0. The molecule has 0 aliphatic heterocycles. The average Bonchev–Trinajstić information content (AvgIpc) is 3.46. The fourth-order valence-corrected chi connectivity index (χ4v) is 12.7. The van der Waals surface area contributed by atoms with E-state index in [-0.39, 0.29) is 23.1 Å². The molecule has 0 heterocycles. The highest BCUT2D eigenvalue weighted by Gasteiger charge is 2.65. The minimum Gasteiger partial charge on any atom is -0.299 e. The monoisotopic (exact) mass is 596 g/mol. The zero-order chi connectivity index (χ0) is 30.2. The maximum atomic E-state index is 13.4. The van der Waals surface area contributed by atoms with E-state index in [1.54, 1.807) is 11.1 Å². The van der Waals surface area contributed by atoms with Crippen molar-refractivity contribution in [2.75, 3.05) is 5.75 Å². The zero-order valence-corrected chi connectivity index (χ0v) is 28.2. The number of hydrogen-bond acceptors (Lipinski definition) is 4. The summed E-state index contributed by atoms with van der Waals surface area (Å²) in [5.74, 6) is 4.09. The summed E-state index contributed by atoms with van der Waals surface area (Å²) in [6.07, 6.45) is 11.9. The van der Waals surface area contributed by atoms with Crippen LogP contribution in [0.2, 0.25) is 0 Å². The van der Waals surface area contributed by atoms with Crippen molar-refractivity contribution in [1.29, 1.82) is 0 Å². The van der Waals surface area contributed by atoms with Crippen molar-refractivity contribution in [1.82, 2.24) is 0 Å². The van der Waals surface area contributed by atoms with E-state index in [0.29, 0.717) is 36.5 Å². The molecular weight excluding hydrogens is 540 g/mol. The van der Waals surface area contributed by atoms with Crippen LogP contribution in [0.4, 0.5) is 0 Å². The third-order valence-corrected chi connectivity index (χ3v) is 15.6. The van der Waals surface area contributed by atoms with Crippen LogP contribution in [0.15, 0.2) is 12.1 Å². The van der Waals surface area contributed by atoms with Crippen LogP contribution in [0, 0.1) is 45.8 Å². The number of carbonyl (C=O) groups excluding carboxylic acids is 1. The first kappa shape index (κ1) is 30.8. The molecule has 0 amide bonds. The molecule has 5 aliphatic rings. The van der Waals surface area contributed by atoms with E-state index in [9.17, 15) is 13.2 Å². The van der Waals surface area contributed by atoms with Crippen molar-refractivity contribution < 1.29 is 17.4 Å². The molecule has 6 rings (SSSR count). The lowest BCUT2D eigenvalue weighted by Gasteiger charge is -2.45.